The molecule has 0 saturated carbocycles. The number of H-pyrrole nitrogens is 1. The molecule has 2 heteroatoms. The van der Waals surface area contributed by atoms with Crippen molar-refractivity contribution < 1.29 is 0 Å². The summed E-state index contributed by atoms with van der Waals surface area (Å²) in [4.78, 5) is 3.26. The largest absolute Gasteiger partial charge is 0.361 e. The highest BCUT2D eigenvalue weighted by Crippen LogP contribution is 2.27. The highest BCUT2D eigenvalue weighted by Gasteiger charge is 2.15. The molecule has 0 atom stereocenters. The summed E-state index contributed by atoms with van der Waals surface area (Å²) in [6, 6.07) is 2.17. The number of aromatic nitrogens is 1. The lowest BCUT2D eigenvalue weighted by Gasteiger charge is -2.11. The maximum Gasteiger partial charge on any atom is 0.0670 e. The Balaban J connectivity index is 3.26. The lowest BCUT2D eigenvalue weighted by atomic mass is 9.94. The molecule has 0 aliphatic carbocycles. The quantitative estimate of drug-likeness (QED) is 0.786. The van der Waals surface area contributed by atoms with Gasteiger partial charge in [0, 0.05) is 18.3 Å². The highest BCUT2D eigenvalue weighted by atomic mass is 14.7. The minimum Gasteiger partial charge on any atom is -0.361 e. The molecule has 17 heavy (non-hydrogen) atoms. The van der Waals surface area contributed by atoms with Crippen molar-refractivity contribution in [1.82, 2.24) is 4.98 Å². The molecule has 1 aromatic heterocycles. The van der Waals surface area contributed by atoms with Crippen molar-refractivity contribution in [1.29, 1.82) is 5.26 Å². The minimum atomic E-state index is 0.405. The number of hydrogen-bond donors (Lipinski definition) is 1. The standard InChI is InChI=1S/C15H18N2/c1-5-7-14-12(8-9-16)10-17-15(14)13(6-2)11(3)4/h1,6,10-11,17H,7-8H2,2-4H3/b13-6-. The van der Waals surface area contributed by atoms with Crippen molar-refractivity contribution in [3.05, 3.63) is 29.1 Å². The Labute approximate surface area is 103 Å². The first-order valence-corrected chi connectivity index (χ1v) is 5.81. The van der Waals surface area contributed by atoms with Crippen molar-refractivity contribution in [2.75, 3.05) is 0 Å². The first kappa shape index (κ1) is 13.1. The normalized spacial score (nSPS) is 11.3. The summed E-state index contributed by atoms with van der Waals surface area (Å²) in [5.41, 5.74) is 4.45. The fraction of sp³-hybridized carbons (Fsp3) is 0.400. The molecule has 0 aliphatic rings. The molecular formula is C15H18N2. The molecule has 0 aromatic carbocycles. The van der Waals surface area contributed by atoms with Gasteiger partial charge in [0.2, 0.25) is 0 Å². The Morgan fingerprint density at radius 2 is 2.24 bits per heavy atom. The van der Waals surface area contributed by atoms with E-state index in [1.165, 1.54) is 5.57 Å². The van der Waals surface area contributed by atoms with Gasteiger partial charge in [-0.25, -0.2) is 0 Å². The van der Waals surface area contributed by atoms with Crippen molar-refractivity contribution in [2.45, 2.75) is 33.6 Å². The minimum absolute atomic E-state index is 0.405. The number of nitrogens with one attached hydrogen (secondary N) is 1. The summed E-state index contributed by atoms with van der Waals surface area (Å²) in [6.07, 6.45) is 10.4. The van der Waals surface area contributed by atoms with E-state index in [9.17, 15) is 0 Å². The first-order valence-electron chi connectivity index (χ1n) is 5.81. The van der Waals surface area contributed by atoms with E-state index in [0.717, 1.165) is 16.8 Å². The predicted octanol–water partition coefficient (Wildman–Crippen LogP) is 3.32. The molecule has 0 saturated heterocycles. The van der Waals surface area contributed by atoms with Crippen LogP contribution in [0, 0.1) is 29.6 Å². The first-order chi connectivity index (χ1) is 8.15. The van der Waals surface area contributed by atoms with Crippen LogP contribution in [0.25, 0.3) is 5.57 Å². The van der Waals surface area contributed by atoms with Gasteiger partial charge in [0.05, 0.1) is 12.5 Å². The van der Waals surface area contributed by atoms with E-state index >= 15 is 0 Å². The molecule has 1 N–H and O–H groups in total. The summed E-state index contributed by atoms with van der Waals surface area (Å²) in [5, 5.41) is 8.80. The molecule has 88 valence electrons. The van der Waals surface area contributed by atoms with Gasteiger partial charge in [-0.1, -0.05) is 19.9 Å². The van der Waals surface area contributed by atoms with Crippen molar-refractivity contribution in [2.24, 2.45) is 5.92 Å². The average Bonchev–Trinajstić information content (AvgIpc) is 2.65. The Bertz CT molecular complexity index is 490. The Morgan fingerprint density at radius 1 is 1.53 bits per heavy atom. The SMILES string of the molecule is C#CCc1c(CC#N)c[nH]c1/C(=C\C)C(C)C. The summed E-state index contributed by atoms with van der Waals surface area (Å²) < 4.78 is 0. The van der Waals surface area contributed by atoms with Gasteiger partial charge in [0.25, 0.3) is 0 Å². The zero-order valence-corrected chi connectivity index (χ0v) is 10.7. The third-order valence-electron chi connectivity index (χ3n) is 2.85. The van der Waals surface area contributed by atoms with Gasteiger partial charge in [-0.15, -0.1) is 12.3 Å². The molecule has 0 aliphatic heterocycles. The lowest BCUT2D eigenvalue weighted by Crippen LogP contribution is -1.99. The highest BCUT2D eigenvalue weighted by molar-refractivity contribution is 5.68. The molecule has 0 amide bonds. The average molecular weight is 226 g/mol. The summed E-state index contributed by atoms with van der Waals surface area (Å²) in [6.45, 7) is 6.33. The number of nitrogens with zero attached hydrogens (tertiary/aromatic N) is 1. The number of terminal acetylenes is 1. The van der Waals surface area contributed by atoms with Crippen LogP contribution in [0.15, 0.2) is 12.3 Å². The molecule has 0 spiro atoms. The zero-order valence-electron chi connectivity index (χ0n) is 10.7. The van der Waals surface area contributed by atoms with Crippen LogP contribution in [0.5, 0.6) is 0 Å². The smallest absolute Gasteiger partial charge is 0.0670 e. The summed E-state index contributed by atoms with van der Waals surface area (Å²) in [7, 11) is 0. The van der Waals surface area contributed by atoms with Crippen LogP contribution in [-0.2, 0) is 12.8 Å². The third-order valence-corrected chi connectivity index (χ3v) is 2.85. The number of allylic oxidation sites excluding steroid dienone is 2. The summed E-state index contributed by atoms with van der Waals surface area (Å²) >= 11 is 0. The molecule has 0 radical (unpaired) electrons. The van der Waals surface area contributed by atoms with Crippen molar-refractivity contribution in [3.63, 3.8) is 0 Å². The van der Waals surface area contributed by atoms with E-state index in [1.54, 1.807) is 0 Å². The zero-order chi connectivity index (χ0) is 12.8. The molecule has 0 fully saturated rings. The van der Waals surface area contributed by atoms with E-state index in [1.807, 2.05) is 13.1 Å². The van der Waals surface area contributed by atoms with E-state index in [-0.39, 0.29) is 0 Å². The van der Waals surface area contributed by atoms with Crippen LogP contribution in [0.1, 0.15) is 37.6 Å². The van der Waals surface area contributed by atoms with Gasteiger partial charge in [0.1, 0.15) is 0 Å². The van der Waals surface area contributed by atoms with Crippen LogP contribution in [-0.4, -0.2) is 4.98 Å². The molecule has 0 bridgehead atoms. The maximum absolute atomic E-state index is 8.80. The van der Waals surface area contributed by atoms with E-state index in [0.29, 0.717) is 18.8 Å². The second-order valence-electron chi connectivity index (χ2n) is 4.28. The molecule has 2 nitrogen and oxygen atoms in total. The van der Waals surface area contributed by atoms with Gasteiger partial charge in [-0.3, -0.25) is 0 Å². The van der Waals surface area contributed by atoms with Crippen LogP contribution >= 0.6 is 0 Å². The second kappa shape index (κ2) is 5.97. The van der Waals surface area contributed by atoms with Gasteiger partial charge < -0.3 is 4.98 Å². The van der Waals surface area contributed by atoms with Gasteiger partial charge in [0.15, 0.2) is 0 Å². The fourth-order valence-electron chi connectivity index (χ4n) is 2.06. The van der Waals surface area contributed by atoms with Gasteiger partial charge in [-0.05, 0) is 29.5 Å². The number of hydrogen-bond acceptors (Lipinski definition) is 1. The molecular weight excluding hydrogens is 208 g/mol. The Kier molecular flexibility index (Phi) is 4.61. The van der Waals surface area contributed by atoms with Gasteiger partial charge in [-0.2, -0.15) is 5.26 Å². The van der Waals surface area contributed by atoms with Crippen LogP contribution < -0.4 is 0 Å². The second-order valence-corrected chi connectivity index (χ2v) is 4.28. The third kappa shape index (κ3) is 2.80. The molecule has 1 rings (SSSR count). The topological polar surface area (TPSA) is 39.6 Å². The predicted molar refractivity (Wildman–Crippen MR) is 71.1 cm³/mol. The Hall–Kier alpha value is -1.93. The van der Waals surface area contributed by atoms with Crippen LogP contribution in [0.3, 0.4) is 0 Å². The van der Waals surface area contributed by atoms with Gasteiger partial charge >= 0.3 is 0 Å². The lowest BCUT2D eigenvalue weighted by molar-refractivity contribution is 0.846. The molecule has 1 heterocycles. The Morgan fingerprint density at radius 3 is 2.71 bits per heavy atom. The number of nitriles is 1. The van der Waals surface area contributed by atoms with Crippen molar-refractivity contribution >= 4 is 5.57 Å². The summed E-state index contributed by atoms with van der Waals surface area (Å²) in [5.74, 6) is 3.11. The van der Waals surface area contributed by atoms with E-state index < -0.39 is 0 Å². The van der Waals surface area contributed by atoms with E-state index in [4.69, 9.17) is 11.7 Å². The number of aromatic amines is 1. The number of rotatable bonds is 4. The maximum atomic E-state index is 8.80. The molecule has 0 unspecified atom stereocenters. The monoisotopic (exact) mass is 226 g/mol. The van der Waals surface area contributed by atoms with E-state index in [2.05, 4.69) is 36.9 Å². The molecule has 1 aromatic rings. The van der Waals surface area contributed by atoms with Crippen LogP contribution in [0.4, 0.5) is 0 Å². The fourth-order valence-corrected chi connectivity index (χ4v) is 2.06. The van der Waals surface area contributed by atoms with Crippen molar-refractivity contribution in [3.8, 4) is 18.4 Å². The van der Waals surface area contributed by atoms with Crippen LogP contribution in [0.2, 0.25) is 0 Å².